The zero-order valence-electron chi connectivity index (χ0n) is 12.9. The van der Waals surface area contributed by atoms with Gasteiger partial charge >= 0.3 is 6.03 Å². The maximum atomic E-state index is 11.6. The number of likely N-dealkylation sites (N-methyl/N-ethyl adjacent to an activating group) is 1. The maximum Gasteiger partial charge on any atom is 0.314 e. The second-order valence-electron chi connectivity index (χ2n) is 4.89. The van der Waals surface area contributed by atoms with Crippen LogP contribution in [-0.4, -0.2) is 43.7 Å². The summed E-state index contributed by atoms with van der Waals surface area (Å²) >= 11 is 0. The van der Waals surface area contributed by atoms with E-state index in [0.717, 1.165) is 26.1 Å². The van der Waals surface area contributed by atoms with E-state index in [2.05, 4.69) is 48.4 Å². The Bertz CT molecular complexity index is 402. The molecule has 0 unspecified atom stereocenters. The Balaban J connectivity index is 2.16. The molecule has 0 saturated carbocycles. The lowest BCUT2D eigenvalue weighted by Crippen LogP contribution is -2.41. The second kappa shape index (κ2) is 9.37. The third kappa shape index (κ3) is 6.06. The number of nitrogens with zero attached hydrogens (tertiary/aromatic N) is 1. The number of carbonyl (C=O) groups excluding carboxylic acids is 1. The average Bonchev–Trinajstić information content (AvgIpc) is 2.46. The summed E-state index contributed by atoms with van der Waals surface area (Å²) in [7, 11) is 0. The molecular formula is C16H27N3O. The Labute approximate surface area is 122 Å². The van der Waals surface area contributed by atoms with Crippen LogP contribution in [0.3, 0.4) is 0 Å². The molecule has 1 aromatic carbocycles. The zero-order valence-corrected chi connectivity index (χ0v) is 12.9. The first-order valence-electron chi connectivity index (χ1n) is 7.46. The van der Waals surface area contributed by atoms with Crippen LogP contribution in [0.5, 0.6) is 0 Å². The van der Waals surface area contributed by atoms with Crippen molar-refractivity contribution < 1.29 is 4.79 Å². The fraction of sp³-hybridized carbons (Fsp3) is 0.562. The van der Waals surface area contributed by atoms with Crippen molar-refractivity contribution in [3.63, 3.8) is 0 Å². The van der Waals surface area contributed by atoms with Gasteiger partial charge < -0.3 is 15.5 Å². The Hall–Kier alpha value is -1.55. The van der Waals surface area contributed by atoms with Gasteiger partial charge in [-0.2, -0.15) is 0 Å². The Morgan fingerprint density at radius 3 is 2.40 bits per heavy atom. The molecule has 1 rings (SSSR count). The van der Waals surface area contributed by atoms with Gasteiger partial charge in [-0.3, -0.25) is 0 Å². The predicted octanol–water partition coefficient (Wildman–Crippen LogP) is 2.18. The van der Waals surface area contributed by atoms with E-state index in [1.807, 2.05) is 12.1 Å². The van der Waals surface area contributed by atoms with Crippen LogP contribution >= 0.6 is 0 Å². The van der Waals surface area contributed by atoms with Crippen LogP contribution in [0.2, 0.25) is 0 Å². The Morgan fingerprint density at radius 1 is 1.10 bits per heavy atom. The first kappa shape index (κ1) is 16.5. The molecular weight excluding hydrogens is 250 g/mol. The quantitative estimate of drug-likeness (QED) is 0.765. The van der Waals surface area contributed by atoms with Crippen LogP contribution in [0.4, 0.5) is 4.79 Å². The van der Waals surface area contributed by atoms with Crippen LogP contribution in [-0.2, 0) is 6.42 Å². The maximum absolute atomic E-state index is 11.6. The van der Waals surface area contributed by atoms with E-state index in [4.69, 9.17) is 0 Å². The Morgan fingerprint density at radius 2 is 1.75 bits per heavy atom. The minimum Gasteiger partial charge on any atom is -0.338 e. The number of nitrogens with one attached hydrogen (secondary N) is 2. The summed E-state index contributed by atoms with van der Waals surface area (Å²) in [6, 6.07) is 8.19. The summed E-state index contributed by atoms with van der Waals surface area (Å²) in [5, 5.41) is 5.79. The van der Waals surface area contributed by atoms with Crippen molar-refractivity contribution >= 4 is 6.03 Å². The molecule has 0 bridgehead atoms. The monoisotopic (exact) mass is 277 g/mol. The van der Waals surface area contributed by atoms with Crippen LogP contribution in [0.1, 0.15) is 25.0 Å². The van der Waals surface area contributed by atoms with Crippen molar-refractivity contribution in [1.29, 1.82) is 0 Å². The molecule has 0 aliphatic heterocycles. The van der Waals surface area contributed by atoms with Gasteiger partial charge in [0.1, 0.15) is 0 Å². The van der Waals surface area contributed by atoms with E-state index in [-0.39, 0.29) is 6.03 Å². The van der Waals surface area contributed by atoms with E-state index < -0.39 is 0 Å². The molecule has 4 heteroatoms. The van der Waals surface area contributed by atoms with Gasteiger partial charge in [-0.15, -0.1) is 0 Å². The number of amides is 2. The number of hydrogen-bond acceptors (Lipinski definition) is 2. The van der Waals surface area contributed by atoms with Crippen molar-refractivity contribution in [3.05, 3.63) is 35.4 Å². The van der Waals surface area contributed by atoms with Gasteiger partial charge in [0, 0.05) is 19.6 Å². The minimum atomic E-state index is -0.0780. The molecule has 0 aliphatic rings. The van der Waals surface area contributed by atoms with Crippen LogP contribution < -0.4 is 10.6 Å². The lowest BCUT2D eigenvalue weighted by Gasteiger charge is -2.18. The number of urea groups is 1. The molecule has 0 heterocycles. The van der Waals surface area contributed by atoms with E-state index in [9.17, 15) is 4.79 Å². The molecule has 0 aromatic heterocycles. The molecule has 0 fully saturated rings. The highest BCUT2D eigenvalue weighted by Crippen LogP contribution is 2.06. The van der Waals surface area contributed by atoms with Gasteiger partial charge in [0.05, 0.1) is 0 Å². The smallest absolute Gasteiger partial charge is 0.314 e. The molecule has 1 aromatic rings. The topological polar surface area (TPSA) is 44.4 Å². The molecule has 112 valence electrons. The third-order valence-corrected chi connectivity index (χ3v) is 3.55. The van der Waals surface area contributed by atoms with Crippen molar-refractivity contribution in [2.24, 2.45) is 0 Å². The highest BCUT2D eigenvalue weighted by molar-refractivity contribution is 5.73. The molecule has 2 amide bonds. The van der Waals surface area contributed by atoms with Crippen LogP contribution in [0.15, 0.2) is 24.3 Å². The van der Waals surface area contributed by atoms with Crippen molar-refractivity contribution in [2.75, 3.05) is 32.7 Å². The van der Waals surface area contributed by atoms with Crippen molar-refractivity contribution in [2.45, 2.75) is 27.2 Å². The largest absolute Gasteiger partial charge is 0.338 e. The van der Waals surface area contributed by atoms with E-state index in [1.54, 1.807) is 0 Å². The molecule has 0 saturated heterocycles. The minimum absolute atomic E-state index is 0.0780. The number of hydrogen-bond donors (Lipinski definition) is 2. The van der Waals surface area contributed by atoms with Crippen LogP contribution in [0.25, 0.3) is 0 Å². The molecule has 2 N–H and O–H groups in total. The predicted molar refractivity (Wildman–Crippen MR) is 84.1 cm³/mol. The zero-order chi connectivity index (χ0) is 14.8. The van der Waals surface area contributed by atoms with Crippen LogP contribution in [0, 0.1) is 6.92 Å². The van der Waals surface area contributed by atoms with Gasteiger partial charge in [-0.05, 0) is 37.6 Å². The highest BCUT2D eigenvalue weighted by atomic mass is 16.2. The molecule has 20 heavy (non-hydrogen) atoms. The number of carbonyl (C=O) groups is 1. The SMILES string of the molecule is CCN(CC)CCNC(=O)NCCc1ccccc1C. The van der Waals surface area contributed by atoms with Gasteiger partial charge in [0.15, 0.2) is 0 Å². The number of rotatable bonds is 8. The highest BCUT2D eigenvalue weighted by Gasteiger charge is 2.02. The Kier molecular flexibility index (Phi) is 7.73. The van der Waals surface area contributed by atoms with E-state index in [1.165, 1.54) is 11.1 Å². The molecule has 0 atom stereocenters. The molecule has 0 radical (unpaired) electrons. The summed E-state index contributed by atoms with van der Waals surface area (Å²) in [6.07, 6.45) is 0.871. The van der Waals surface area contributed by atoms with Gasteiger partial charge in [0.2, 0.25) is 0 Å². The summed E-state index contributed by atoms with van der Waals surface area (Å²) in [5.41, 5.74) is 2.56. The summed E-state index contributed by atoms with van der Waals surface area (Å²) < 4.78 is 0. The van der Waals surface area contributed by atoms with E-state index >= 15 is 0 Å². The van der Waals surface area contributed by atoms with Crippen molar-refractivity contribution in [1.82, 2.24) is 15.5 Å². The first-order chi connectivity index (χ1) is 9.67. The standard InChI is InChI=1S/C16H27N3O/c1-4-19(5-2)13-12-18-16(20)17-11-10-15-9-7-6-8-14(15)3/h6-9H,4-5,10-13H2,1-3H3,(H2,17,18,20). The number of benzene rings is 1. The van der Waals surface area contributed by atoms with Crippen molar-refractivity contribution in [3.8, 4) is 0 Å². The lowest BCUT2D eigenvalue weighted by atomic mass is 10.1. The van der Waals surface area contributed by atoms with Gasteiger partial charge in [0.25, 0.3) is 0 Å². The first-order valence-corrected chi connectivity index (χ1v) is 7.46. The third-order valence-electron chi connectivity index (χ3n) is 3.55. The molecule has 0 aliphatic carbocycles. The molecule has 0 spiro atoms. The summed E-state index contributed by atoms with van der Waals surface area (Å²) in [5.74, 6) is 0. The lowest BCUT2D eigenvalue weighted by molar-refractivity contribution is 0.237. The normalized spacial score (nSPS) is 10.6. The van der Waals surface area contributed by atoms with Gasteiger partial charge in [-0.25, -0.2) is 4.79 Å². The van der Waals surface area contributed by atoms with E-state index in [0.29, 0.717) is 13.1 Å². The molecule has 4 nitrogen and oxygen atoms in total. The summed E-state index contributed by atoms with van der Waals surface area (Å²) in [6.45, 7) is 10.7. The number of aryl methyl sites for hydroxylation is 1. The van der Waals surface area contributed by atoms with Gasteiger partial charge in [-0.1, -0.05) is 38.1 Å². The fourth-order valence-corrected chi connectivity index (χ4v) is 2.13. The fourth-order valence-electron chi connectivity index (χ4n) is 2.13. The summed E-state index contributed by atoms with van der Waals surface area (Å²) in [4.78, 5) is 13.9. The average molecular weight is 277 g/mol. The second-order valence-corrected chi connectivity index (χ2v) is 4.89.